The van der Waals surface area contributed by atoms with Gasteiger partial charge < -0.3 is 4.74 Å². The van der Waals surface area contributed by atoms with E-state index in [1.165, 1.54) is 36.5 Å². The number of Topliss-reactive ketones (excluding diaryl/α,β-unsaturated/α-hetero) is 1. The molecule has 4 fully saturated rings. The molecule has 4 heteroatoms. The van der Waals surface area contributed by atoms with Gasteiger partial charge in [-0.3, -0.25) is 9.59 Å². The van der Waals surface area contributed by atoms with Crippen molar-refractivity contribution in [2.45, 2.75) is 90.0 Å². The van der Waals surface area contributed by atoms with E-state index in [1.807, 2.05) is 0 Å². The molecule has 4 saturated carbocycles. The van der Waals surface area contributed by atoms with E-state index in [9.17, 15) is 9.59 Å². The second-order valence-corrected chi connectivity index (χ2v) is 15.3. The quantitative estimate of drug-likeness (QED) is 0.236. The molecule has 4 aliphatic rings. The summed E-state index contributed by atoms with van der Waals surface area (Å²) in [5.74, 6) is 2.90. The molecule has 0 heterocycles. The summed E-state index contributed by atoms with van der Waals surface area (Å²) in [5.41, 5.74) is 3.80. The second kappa shape index (κ2) is 11.7. The van der Waals surface area contributed by atoms with Gasteiger partial charge in [0.05, 0.1) is 4.83 Å². The highest BCUT2D eigenvalue weighted by Crippen LogP contribution is 2.68. The van der Waals surface area contributed by atoms with Crippen LogP contribution in [0.2, 0.25) is 0 Å². The molecule has 0 aromatic heterocycles. The fourth-order valence-electron chi connectivity index (χ4n) is 10.4. The standard InChI is InChI=1S/C38H47BrO3/c1-24(15-17-30(26-11-7-5-8-12-26)27-13-9-6-10-14-27)32-19-20-33-31-18-16-28-23-29(42-25(2)40)21-22-37(28,3)34(31)35(41)36(39)38(32,33)4/h5-14,17,24,28-29,31-34,36H,15-16,18-23H2,1-4H3/t24-,28-,29-,31+,32+,33+,34-,36+,37-,38-/m1/s1. The average Bonchev–Trinajstić information content (AvgIpc) is 3.35. The van der Waals surface area contributed by atoms with E-state index in [0.717, 1.165) is 38.5 Å². The molecule has 0 radical (unpaired) electrons. The number of carbonyl (C=O) groups is 2. The lowest BCUT2D eigenvalue weighted by atomic mass is 9.44. The van der Waals surface area contributed by atoms with Gasteiger partial charge in [0.2, 0.25) is 0 Å². The fourth-order valence-corrected chi connectivity index (χ4v) is 11.3. The predicted molar refractivity (Wildman–Crippen MR) is 173 cm³/mol. The summed E-state index contributed by atoms with van der Waals surface area (Å²) in [5, 5.41) is 0. The SMILES string of the molecule is CC(=O)O[C@@H]1CC[C@]2(C)[C@H](CC[C@@H]3[C@@H]2C(=O)[C@H](Br)[C@@]2(C)[C@H]3CC[C@H]2[C@H](C)CC=C(c2ccccc2)c2ccccc2)C1. The van der Waals surface area contributed by atoms with Gasteiger partial charge in [-0.25, -0.2) is 0 Å². The number of ether oxygens (including phenoxy) is 1. The van der Waals surface area contributed by atoms with E-state index >= 15 is 0 Å². The minimum atomic E-state index is -0.178. The van der Waals surface area contributed by atoms with Gasteiger partial charge in [0.15, 0.2) is 5.78 Å². The number of ketones is 1. The number of benzene rings is 2. The van der Waals surface area contributed by atoms with E-state index in [0.29, 0.717) is 35.4 Å². The molecule has 0 spiro atoms. The zero-order valence-corrected chi connectivity index (χ0v) is 27.3. The van der Waals surface area contributed by atoms with Crippen LogP contribution in [0.4, 0.5) is 0 Å². The number of halogens is 1. The van der Waals surface area contributed by atoms with E-state index in [2.05, 4.69) is 103 Å². The summed E-state index contributed by atoms with van der Waals surface area (Å²) in [7, 11) is 0. The molecular formula is C38H47BrO3. The Morgan fingerprint density at radius 3 is 2.24 bits per heavy atom. The van der Waals surface area contributed by atoms with Crippen molar-refractivity contribution in [1.29, 1.82) is 0 Å². The number of allylic oxidation sites excluding steroid dienone is 1. The first-order chi connectivity index (χ1) is 20.1. The maximum Gasteiger partial charge on any atom is 0.302 e. The monoisotopic (exact) mass is 630 g/mol. The van der Waals surface area contributed by atoms with Crippen LogP contribution >= 0.6 is 15.9 Å². The lowest BCUT2D eigenvalue weighted by Crippen LogP contribution is -2.62. The van der Waals surface area contributed by atoms with Crippen molar-refractivity contribution in [3.05, 3.63) is 77.9 Å². The molecule has 224 valence electrons. The van der Waals surface area contributed by atoms with E-state index in [4.69, 9.17) is 4.74 Å². The van der Waals surface area contributed by atoms with E-state index in [1.54, 1.807) is 0 Å². The molecule has 10 atom stereocenters. The minimum absolute atomic E-state index is 0.0106. The van der Waals surface area contributed by atoms with Crippen LogP contribution in [0.3, 0.4) is 0 Å². The number of carbonyl (C=O) groups excluding carboxylic acids is 2. The number of hydrogen-bond acceptors (Lipinski definition) is 3. The summed E-state index contributed by atoms with van der Waals surface area (Å²) in [6.07, 6.45) is 11.0. The fraction of sp³-hybridized carbons (Fsp3) is 0.579. The molecule has 2 aromatic carbocycles. The zero-order chi connectivity index (χ0) is 29.6. The Morgan fingerprint density at radius 1 is 0.976 bits per heavy atom. The molecule has 42 heavy (non-hydrogen) atoms. The first-order valence-electron chi connectivity index (χ1n) is 16.3. The first-order valence-corrected chi connectivity index (χ1v) is 17.2. The molecule has 6 rings (SSSR count). The molecule has 0 amide bonds. The molecular weight excluding hydrogens is 584 g/mol. The van der Waals surface area contributed by atoms with Gasteiger partial charge in [0.1, 0.15) is 6.10 Å². The van der Waals surface area contributed by atoms with Gasteiger partial charge in [0, 0.05) is 12.8 Å². The van der Waals surface area contributed by atoms with Crippen LogP contribution in [0.5, 0.6) is 0 Å². The first kappa shape index (κ1) is 29.9. The topological polar surface area (TPSA) is 43.4 Å². The highest BCUT2D eigenvalue weighted by molar-refractivity contribution is 9.10. The van der Waals surface area contributed by atoms with Gasteiger partial charge in [0.25, 0.3) is 0 Å². The zero-order valence-electron chi connectivity index (χ0n) is 25.7. The molecule has 0 unspecified atom stereocenters. The summed E-state index contributed by atoms with van der Waals surface area (Å²) in [6, 6.07) is 21.5. The third kappa shape index (κ3) is 5.04. The predicted octanol–water partition coefficient (Wildman–Crippen LogP) is 9.29. The highest BCUT2D eigenvalue weighted by atomic mass is 79.9. The number of fused-ring (bicyclic) bond motifs is 5. The van der Waals surface area contributed by atoms with Crippen LogP contribution in [0.15, 0.2) is 66.7 Å². The minimum Gasteiger partial charge on any atom is -0.463 e. The highest BCUT2D eigenvalue weighted by Gasteiger charge is 2.66. The van der Waals surface area contributed by atoms with Gasteiger partial charge in [-0.1, -0.05) is 103 Å². The van der Waals surface area contributed by atoms with Crippen LogP contribution in [0, 0.1) is 46.3 Å². The molecule has 4 aliphatic carbocycles. The lowest BCUT2D eigenvalue weighted by Gasteiger charge is -2.61. The summed E-state index contributed by atoms with van der Waals surface area (Å²) >= 11 is 4.09. The van der Waals surface area contributed by atoms with Crippen LogP contribution in [0.1, 0.15) is 90.2 Å². The smallest absolute Gasteiger partial charge is 0.302 e. The van der Waals surface area contributed by atoms with Crippen molar-refractivity contribution >= 4 is 33.3 Å². The molecule has 0 aliphatic heterocycles. The summed E-state index contributed by atoms with van der Waals surface area (Å²) < 4.78 is 5.65. The Balaban J connectivity index is 1.24. The average molecular weight is 632 g/mol. The van der Waals surface area contributed by atoms with Crippen molar-refractivity contribution in [2.75, 3.05) is 0 Å². The third-order valence-electron chi connectivity index (χ3n) is 12.4. The number of esters is 1. The normalized spacial score (nSPS) is 38.0. The van der Waals surface area contributed by atoms with Crippen LogP contribution in [-0.2, 0) is 14.3 Å². The van der Waals surface area contributed by atoms with Gasteiger partial charge in [-0.2, -0.15) is 0 Å². The summed E-state index contributed by atoms with van der Waals surface area (Å²) in [4.78, 5) is 26.1. The second-order valence-electron chi connectivity index (χ2n) is 14.4. The van der Waals surface area contributed by atoms with E-state index < -0.39 is 0 Å². The van der Waals surface area contributed by atoms with Crippen molar-refractivity contribution < 1.29 is 14.3 Å². The third-order valence-corrected chi connectivity index (χ3v) is 13.8. The maximum atomic E-state index is 14.5. The van der Waals surface area contributed by atoms with Crippen molar-refractivity contribution in [2.24, 2.45) is 46.3 Å². The lowest BCUT2D eigenvalue weighted by molar-refractivity contribution is -0.168. The van der Waals surface area contributed by atoms with Crippen LogP contribution in [0.25, 0.3) is 5.57 Å². The number of rotatable bonds is 6. The Hall–Kier alpha value is -2.20. The van der Waals surface area contributed by atoms with Crippen molar-refractivity contribution in [3.63, 3.8) is 0 Å². The Kier molecular flexibility index (Phi) is 8.32. The number of hydrogen-bond donors (Lipinski definition) is 0. The Bertz CT molecular complexity index is 1280. The van der Waals surface area contributed by atoms with Crippen LogP contribution < -0.4 is 0 Å². The molecule has 0 saturated heterocycles. The molecule has 3 nitrogen and oxygen atoms in total. The van der Waals surface area contributed by atoms with Crippen molar-refractivity contribution in [1.82, 2.24) is 0 Å². The van der Waals surface area contributed by atoms with Crippen LogP contribution in [-0.4, -0.2) is 22.7 Å². The maximum absolute atomic E-state index is 14.5. The molecule has 2 aromatic rings. The van der Waals surface area contributed by atoms with Gasteiger partial charge in [-0.05, 0) is 108 Å². The van der Waals surface area contributed by atoms with Crippen molar-refractivity contribution in [3.8, 4) is 0 Å². The number of alkyl halides is 1. The summed E-state index contributed by atoms with van der Waals surface area (Å²) in [6.45, 7) is 8.79. The van der Waals surface area contributed by atoms with Gasteiger partial charge in [-0.15, -0.1) is 0 Å². The molecule has 0 bridgehead atoms. The molecule has 0 N–H and O–H groups in total. The Morgan fingerprint density at radius 2 is 1.62 bits per heavy atom. The van der Waals surface area contributed by atoms with Gasteiger partial charge >= 0.3 is 5.97 Å². The largest absolute Gasteiger partial charge is 0.463 e. The Labute approximate surface area is 261 Å². The van der Waals surface area contributed by atoms with E-state index in [-0.39, 0.29) is 33.6 Å².